The first-order chi connectivity index (χ1) is 13.5. The van der Waals surface area contributed by atoms with E-state index in [-0.39, 0.29) is 5.91 Å². The first kappa shape index (κ1) is 20.0. The number of halogens is 1. The van der Waals surface area contributed by atoms with Crippen molar-refractivity contribution in [1.82, 2.24) is 15.1 Å². The Hall–Kier alpha value is -2.79. The van der Waals surface area contributed by atoms with E-state index < -0.39 is 0 Å². The number of hydrogen-bond acceptors (Lipinski definition) is 3. The van der Waals surface area contributed by atoms with Gasteiger partial charge >= 0.3 is 0 Å². The molecule has 3 aromatic rings. The van der Waals surface area contributed by atoms with Crippen molar-refractivity contribution < 1.29 is 9.53 Å². The van der Waals surface area contributed by atoms with E-state index in [1.165, 1.54) is 5.56 Å². The zero-order valence-electron chi connectivity index (χ0n) is 16.3. The molecular weight excluding hydrogens is 374 g/mol. The van der Waals surface area contributed by atoms with Gasteiger partial charge in [0.15, 0.2) is 0 Å². The third-order valence-electron chi connectivity index (χ3n) is 4.41. The fraction of sp³-hybridized carbons (Fsp3) is 0.273. The summed E-state index contributed by atoms with van der Waals surface area (Å²) in [4.78, 5) is 12.6. The molecule has 3 rings (SSSR count). The topological polar surface area (TPSA) is 56.1 Å². The number of aryl methyl sites for hydroxylation is 1. The van der Waals surface area contributed by atoms with Crippen molar-refractivity contribution in [2.75, 3.05) is 13.2 Å². The van der Waals surface area contributed by atoms with Crippen LogP contribution in [-0.2, 0) is 7.05 Å². The van der Waals surface area contributed by atoms with E-state index in [0.29, 0.717) is 35.3 Å². The van der Waals surface area contributed by atoms with Crippen LogP contribution in [-0.4, -0.2) is 28.8 Å². The molecule has 0 spiro atoms. The summed E-state index contributed by atoms with van der Waals surface area (Å²) < 4.78 is 7.32. The zero-order valence-corrected chi connectivity index (χ0v) is 17.0. The van der Waals surface area contributed by atoms with Crippen LogP contribution in [0.5, 0.6) is 5.75 Å². The van der Waals surface area contributed by atoms with Gasteiger partial charge < -0.3 is 10.1 Å². The SMILES string of the molecule is CC(C)c1ccc(OCCNC(=O)c2cn(C)nc2-c2ccccc2Cl)cc1. The molecule has 0 radical (unpaired) electrons. The number of aromatic nitrogens is 2. The predicted molar refractivity (Wildman–Crippen MR) is 112 cm³/mol. The summed E-state index contributed by atoms with van der Waals surface area (Å²) in [6.45, 7) is 5.08. The number of carbonyl (C=O) groups excluding carboxylic acids is 1. The van der Waals surface area contributed by atoms with E-state index in [1.807, 2.05) is 30.3 Å². The molecule has 2 aromatic carbocycles. The maximum Gasteiger partial charge on any atom is 0.255 e. The Bertz CT molecular complexity index is 949. The fourth-order valence-electron chi connectivity index (χ4n) is 2.88. The first-order valence-corrected chi connectivity index (χ1v) is 9.63. The molecule has 0 atom stereocenters. The molecule has 0 aliphatic heterocycles. The van der Waals surface area contributed by atoms with E-state index >= 15 is 0 Å². The Morgan fingerprint density at radius 3 is 2.57 bits per heavy atom. The second-order valence-electron chi connectivity index (χ2n) is 6.87. The highest BCUT2D eigenvalue weighted by molar-refractivity contribution is 6.33. The van der Waals surface area contributed by atoms with E-state index in [1.54, 1.807) is 24.0 Å². The predicted octanol–water partition coefficient (Wildman–Crippen LogP) is 4.67. The normalized spacial score (nSPS) is 10.9. The molecule has 1 N–H and O–H groups in total. The summed E-state index contributed by atoms with van der Waals surface area (Å²) in [5.41, 5.74) is 3.05. The standard InChI is InChI=1S/C22H24ClN3O2/c1-15(2)16-8-10-17(11-9-16)28-13-12-24-22(27)19-14-26(3)25-21(19)18-6-4-5-7-20(18)23/h4-11,14-15H,12-13H2,1-3H3,(H,24,27). The van der Waals surface area contributed by atoms with Gasteiger partial charge in [-0.3, -0.25) is 9.48 Å². The molecule has 0 bridgehead atoms. The maximum absolute atomic E-state index is 12.6. The van der Waals surface area contributed by atoms with Gasteiger partial charge in [0.2, 0.25) is 0 Å². The van der Waals surface area contributed by atoms with Gasteiger partial charge in [-0.1, -0.05) is 55.8 Å². The molecule has 0 fully saturated rings. The van der Waals surface area contributed by atoms with E-state index in [2.05, 4.69) is 36.4 Å². The second kappa shape index (κ2) is 8.93. The number of carbonyl (C=O) groups is 1. The molecule has 1 amide bonds. The molecule has 146 valence electrons. The zero-order chi connectivity index (χ0) is 20.1. The summed E-state index contributed by atoms with van der Waals surface area (Å²) in [6.07, 6.45) is 1.69. The molecule has 6 heteroatoms. The number of ether oxygens (including phenoxy) is 1. The van der Waals surface area contributed by atoms with Gasteiger partial charge in [-0.05, 0) is 29.7 Å². The minimum atomic E-state index is -0.207. The maximum atomic E-state index is 12.6. The molecule has 28 heavy (non-hydrogen) atoms. The van der Waals surface area contributed by atoms with Gasteiger partial charge in [-0.15, -0.1) is 0 Å². The van der Waals surface area contributed by atoms with Crippen LogP contribution in [0.2, 0.25) is 5.02 Å². The van der Waals surface area contributed by atoms with Crippen molar-refractivity contribution in [1.29, 1.82) is 0 Å². The lowest BCUT2D eigenvalue weighted by Gasteiger charge is -2.10. The van der Waals surface area contributed by atoms with Gasteiger partial charge in [0.1, 0.15) is 18.1 Å². The third kappa shape index (κ3) is 4.73. The van der Waals surface area contributed by atoms with Crippen molar-refractivity contribution in [3.8, 4) is 17.0 Å². The van der Waals surface area contributed by atoms with Crippen molar-refractivity contribution in [3.63, 3.8) is 0 Å². The highest BCUT2D eigenvalue weighted by Gasteiger charge is 2.18. The van der Waals surface area contributed by atoms with Gasteiger partial charge in [-0.25, -0.2) is 0 Å². The second-order valence-corrected chi connectivity index (χ2v) is 7.28. The van der Waals surface area contributed by atoms with Crippen LogP contribution in [0.3, 0.4) is 0 Å². The molecule has 0 saturated heterocycles. The first-order valence-electron chi connectivity index (χ1n) is 9.25. The average Bonchev–Trinajstić information content (AvgIpc) is 3.07. The number of nitrogens with one attached hydrogen (secondary N) is 1. The molecule has 5 nitrogen and oxygen atoms in total. The Balaban J connectivity index is 1.59. The molecule has 0 saturated carbocycles. The molecule has 1 aromatic heterocycles. The minimum absolute atomic E-state index is 0.207. The average molecular weight is 398 g/mol. The number of hydrogen-bond donors (Lipinski definition) is 1. The summed E-state index contributed by atoms with van der Waals surface area (Å²) in [5, 5.41) is 7.84. The van der Waals surface area contributed by atoms with Crippen LogP contribution >= 0.6 is 11.6 Å². The monoisotopic (exact) mass is 397 g/mol. The lowest BCUT2D eigenvalue weighted by molar-refractivity contribution is 0.0947. The van der Waals surface area contributed by atoms with Gasteiger partial charge in [0.05, 0.1) is 17.1 Å². The van der Waals surface area contributed by atoms with Crippen LogP contribution in [0.1, 0.15) is 35.7 Å². The van der Waals surface area contributed by atoms with Gasteiger partial charge in [0, 0.05) is 18.8 Å². The van der Waals surface area contributed by atoms with Crippen LogP contribution < -0.4 is 10.1 Å². The van der Waals surface area contributed by atoms with Crippen LogP contribution in [0.25, 0.3) is 11.3 Å². The van der Waals surface area contributed by atoms with Crippen LogP contribution in [0.15, 0.2) is 54.7 Å². The smallest absolute Gasteiger partial charge is 0.255 e. The fourth-order valence-corrected chi connectivity index (χ4v) is 3.11. The highest BCUT2D eigenvalue weighted by Crippen LogP contribution is 2.28. The Morgan fingerprint density at radius 2 is 1.89 bits per heavy atom. The quantitative estimate of drug-likeness (QED) is 0.589. The van der Waals surface area contributed by atoms with E-state index in [4.69, 9.17) is 16.3 Å². The van der Waals surface area contributed by atoms with Crippen molar-refractivity contribution in [2.45, 2.75) is 19.8 Å². The molecular formula is C22H24ClN3O2. The molecule has 1 heterocycles. The minimum Gasteiger partial charge on any atom is -0.492 e. The summed E-state index contributed by atoms with van der Waals surface area (Å²) in [7, 11) is 1.78. The molecule has 0 aliphatic rings. The van der Waals surface area contributed by atoms with E-state index in [0.717, 1.165) is 11.3 Å². The van der Waals surface area contributed by atoms with Crippen LogP contribution in [0.4, 0.5) is 0 Å². The molecule has 0 unspecified atom stereocenters. The van der Waals surface area contributed by atoms with Crippen molar-refractivity contribution in [3.05, 3.63) is 70.9 Å². The number of benzene rings is 2. The summed E-state index contributed by atoms with van der Waals surface area (Å²) in [5.74, 6) is 1.07. The van der Waals surface area contributed by atoms with Crippen molar-refractivity contribution >= 4 is 17.5 Å². The summed E-state index contributed by atoms with van der Waals surface area (Å²) in [6, 6.07) is 15.4. The van der Waals surface area contributed by atoms with Crippen molar-refractivity contribution in [2.24, 2.45) is 7.05 Å². The number of nitrogens with zero attached hydrogens (tertiary/aromatic N) is 2. The lowest BCUT2D eigenvalue weighted by Crippen LogP contribution is -2.28. The van der Waals surface area contributed by atoms with Gasteiger partial charge in [-0.2, -0.15) is 5.10 Å². The van der Waals surface area contributed by atoms with Crippen LogP contribution in [0, 0.1) is 0 Å². The van der Waals surface area contributed by atoms with Gasteiger partial charge in [0.25, 0.3) is 5.91 Å². The Morgan fingerprint density at radius 1 is 1.18 bits per heavy atom. The largest absolute Gasteiger partial charge is 0.492 e. The van der Waals surface area contributed by atoms with E-state index in [9.17, 15) is 4.79 Å². The number of rotatable bonds is 7. The third-order valence-corrected chi connectivity index (χ3v) is 4.74. The Kier molecular flexibility index (Phi) is 6.37. The lowest BCUT2D eigenvalue weighted by atomic mass is 10.0. The Labute approximate surface area is 170 Å². The molecule has 0 aliphatic carbocycles. The number of amides is 1. The summed E-state index contributed by atoms with van der Waals surface area (Å²) >= 11 is 6.27. The highest BCUT2D eigenvalue weighted by atomic mass is 35.5.